The van der Waals surface area contributed by atoms with Gasteiger partial charge in [0, 0.05) is 19.2 Å². The number of hydrogen-bond donors (Lipinski definition) is 1. The maximum Gasteiger partial charge on any atom is 0.101 e. The van der Waals surface area contributed by atoms with Gasteiger partial charge in [0.2, 0.25) is 0 Å². The third-order valence-electron chi connectivity index (χ3n) is 1.78. The molecule has 0 spiro atoms. The quantitative estimate of drug-likeness (QED) is 0.590. The molecule has 0 atom stereocenters. The maximum atomic E-state index is 8.55. The Labute approximate surface area is 64.7 Å². The Morgan fingerprint density at radius 2 is 2.55 bits per heavy atom. The largest absolute Gasteiger partial charge is 0.383 e. The van der Waals surface area contributed by atoms with Crippen LogP contribution in [0.5, 0.6) is 0 Å². The third kappa shape index (κ3) is 0.926. The topological polar surface area (TPSA) is 48.7 Å². The highest BCUT2D eigenvalue weighted by Gasteiger charge is 2.10. The highest BCUT2D eigenvalue weighted by atomic mass is 14.9. The number of pyridine rings is 1. The van der Waals surface area contributed by atoms with Gasteiger partial charge in [-0.25, -0.2) is 0 Å². The van der Waals surface area contributed by atoms with Crippen molar-refractivity contribution in [1.82, 2.24) is 4.98 Å². The van der Waals surface area contributed by atoms with E-state index in [9.17, 15) is 0 Å². The Hall–Kier alpha value is -1.56. The van der Waals surface area contributed by atoms with E-state index >= 15 is 0 Å². The summed E-state index contributed by atoms with van der Waals surface area (Å²) in [5.74, 6) is 0. The van der Waals surface area contributed by atoms with Crippen molar-refractivity contribution in [1.29, 1.82) is 5.26 Å². The Bertz CT molecular complexity index is 325. The number of rotatable bonds is 0. The van der Waals surface area contributed by atoms with Crippen LogP contribution in [0, 0.1) is 11.3 Å². The summed E-state index contributed by atoms with van der Waals surface area (Å²) in [6.45, 7) is 0.942. The Kier molecular flexibility index (Phi) is 1.26. The lowest BCUT2D eigenvalue weighted by molar-refractivity contribution is 1.04. The van der Waals surface area contributed by atoms with Gasteiger partial charge >= 0.3 is 0 Å². The molecular formula is C8H7N3. The van der Waals surface area contributed by atoms with Gasteiger partial charge in [-0.3, -0.25) is 4.98 Å². The molecule has 0 aliphatic carbocycles. The minimum absolute atomic E-state index is 0.623. The molecule has 54 valence electrons. The molecular weight excluding hydrogens is 138 g/mol. The molecule has 0 aromatic carbocycles. The summed E-state index contributed by atoms with van der Waals surface area (Å²) in [4.78, 5) is 4.15. The lowest BCUT2D eigenvalue weighted by Crippen LogP contribution is -1.90. The van der Waals surface area contributed by atoms with Gasteiger partial charge < -0.3 is 5.32 Å². The van der Waals surface area contributed by atoms with Crippen LogP contribution in [-0.4, -0.2) is 11.5 Å². The Morgan fingerprint density at radius 3 is 3.36 bits per heavy atom. The molecule has 3 nitrogen and oxygen atoms in total. The minimum atomic E-state index is 0.623. The first-order chi connectivity index (χ1) is 5.40. The summed E-state index contributed by atoms with van der Waals surface area (Å²) in [5, 5.41) is 11.7. The van der Waals surface area contributed by atoms with Crippen LogP contribution in [0.2, 0.25) is 0 Å². The molecule has 2 rings (SSSR count). The molecule has 2 heterocycles. The average molecular weight is 145 g/mol. The van der Waals surface area contributed by atoms with Crippen LogP contribution in [0.15, 0.2) is 12.3 Å². The van der Waals surface area contributed by atoms with Gasteiger partial charge in [0.1, 0.15) is 6.07 Å². The van der Waals surface area contributed by atoms with Crippen molar-refractivity contribution < 1.29 is 0 Å². The van der Waals surface area contributed by atoms with E-state index in [-0.39, 0.29) is 0 Å². The number of nitriles is 1. The lowest BCUT2D eigenvalue weighted by atomic mass is 10.2. The van der Waals surface area contributed by atoms with Crippen molar-refractivity contribution in [3.05, 3.63) is 23.5 Å². The number of anilines is 1. The highest BCUT2D eigenvalue weighted by Crippen LogP contribution is 2.19. The molecule has 1 aromatic heterocycles. The molecule has 0 bridgehead atoms. The Morgan fingerprint density at radius 1 is 1.64 bits per heavy atom. The molecule has 0 saturated heterocycles. The second-order valence-electron chi connectivity index (χ2n) is 2.51. The van der Waals surface area contributed by atoms with Crippen molar-refractivity contribution in [2.45, 2.75) is 6.42 Å². The first-order valence-corrected chi connectivity index (χ1v) is 3.53. The molecule has 0 unspecified atom stereocenters. The number of nitrogens with one attached hydrogen (secondary N) is 1. The van der Waals surface area contributed by atoms with Gasteiger partial charge in [-0.2, -0.15) is 5.26 Å². The van der Waals surface area contributed by atoms with Crippen molar-refractivity contribution in [2.24, 2.45) is 0 Å². The summed E-state index contributed by atoms with van der Waals surface area (Å²) in [7, 11) is 0. The van der Waals surface area contributed by atoms with E-state index < -0.39 is 0 Å². The van der Waals surface area contributed by atoms with Crippen molar-refractivity contribution >= 4 is 5.69 Å². The zero-order valence-corrected chi connectivity index (χ0v) is 5.96. The maximum absolute atomic E-state index is 8.55. The first-order valence-electron chi connectivity index (χ1n) is 3.53. The van der Waals surface area contributed by atoms with Gasteiger partial charge in [0.25, 0.3) is 0 Å². The highest BCUT2D eigenvalue weighted by molar-refractivity contribution is 5.55. The van der Waals surface area contributed by atoms with E-state index in [4.69, 9.17) is 5.26 Å². The van der Waals surface area contributed by atoms with Crippen molar-refractivity contribution in [3.8, 4) is 6.07 Å². The van der Waals surface area contributed by atoms with Crippen molar-refractivity contribution in [3.63, 3.8) is 0 Å². The molecule has 1 aliphatic rings. The third-order valence-corrected chi connectivity index (χ3v) is 1.78. The van der Waals surface area contributed by atoms with Gasteiger partial charge in [0.05, 0.1) is 16.9 Å². The number of fused-ring (bicyclic) bond motifs is 1. The fraction of sp³-hybridized carbons (Fsp3) is 0.250. The van der Waals surface area contributed by atoms with Crippen LogP contribution in [0.25, 0.3) is 0 Å². The molecule has 0 amide bonds. The monoisotopic (exact) mass is 145 g/mol. The molecule has 1 aromatic rings. The van der Waals surface area contributed by atoms with Crippen molar-refractivity contribution in [2.75, 3.05) is 11.9 Å². The summed E-state index contributed by atoms with van der Waals surface area (Å²) in [6, 6.07) is 3.90. The Balaban J connectivity index is 2.51. The van der Waals surface area contributed by atoms with E-state index in [1.807, 2.05) is 6.07 Å². The predicted molar refractivity (Wildman–Crippen MR) is 41.1 cm³/mol. The summed E-state index contributed by atoms with van der Waals surface area (Å²) < 4.78 is 0. The fourth-order valence-electron chi connectivity index (χ4n) is 1.22. The predicted octanol–water partition coefficient (Wildman–Crippen LogP) is 0.921. The fourth-order valence-corrected chi connectivity index (χ4v) is 1.22. The van der Waals surface area contributed by atoms with Crippen LogP contribution in [0.3, 0.4) is 0 Å². The molecule has 0 fully saturated rings. The van der Waals surface area contributed by atoms with E-state index in [2.05, 4.69) is 16.4 Å². The standard InChI is InChI=1S/C8H7N3/c9-4-6-3-8-7(11-5-6)1-2-10-8/h3,5,10H,1-2H2. The summed E-state index contributed by atoms with van der Waals surface area (Å²) in [6.07, 6.45) is 2.59. The zero-order chi connectivity index (χ0) is 7.68. The van der Waals surface area contributed by atoms with Gasteiger partial charge in [-0.1, -0.05) is 0 Å². The molecule has 11 heavy (non-hydrogen) atoms. The van der Waals surface area contributed by atoms with Crippen LogP contribution in [0.4, 0.5) is 5.69 Å². The second-order valence-corrected chi connectivity index (χ2v) is 2.51. The van der Waals surface area contributed by atoms with Crippen LogP contribution in [-0.2, 0) is 6.42 Å². The van der Waals surface area contributed by atoms with E-state index in [1.165, 1.54) is 0 Å². The van der Waals surface area contributed by atoms with Gasteiger partial charge in [-0.05, 0) is 6.07 Å². The second kappa shape index (κ2) is 2.24. The number of aromatic nitrogens is 1. The van der Waals surface area contributed by atoms with E-state index in [0.717, 1.165) is 24.3 Å². The minimum Gasteiger partial charge on any atom is -0.383 e. The number of hydrogen-bond acceptors (Lipinski definition) is 3. The SMILES string of the molecule is N#Cc1cnc2c(c1)NCC2. The average Bonchev–Trinajstić information content (AvgIpc) is 2.50. The van der Waals surface area contributed by atoms with E-state index in [0.29, 0.717) is 5.56 Å². The normalized spacial score (nSPS) is 13.4. The molecule has 0 saturated carbocycles. The molecule has 1 N–H and O–H groups in total. The summed E-state index contributed by atoms with van der Waals surface area (Å²) in [5.41, 5.74) is 2.71. The molecule has 1 aliphatic heterocycles. The van der Waals surface area contributed by atoms with Gasteiger partial charge in [-0.15, -0.1) is 0 Å². The molecule has 3 heteroatoms. The van der Waals surface area contributed by atoms with Crippen LogP contribution < -0.4 is 5.32 Å². The zero-order valence-electron chi connectivity index (χ0n) is 5.96. The molecule has 0 radical (unpaired) electrons. The smallest absolute Gasteiger partial charge is 0.101 e. The first kappa shape index (κ1) is 6.17. The van der Waals surface area contributed by atoms with Gasteiger partial charge in [0.15, 0.2) is 0 Å². The lowest BCUT2D eigenvalue weighted by Gasteiger charge is -1.96. The van der Waals surface area contributed by atoms with Crippen LogP contribution >= 0.6 is 0 Å². The summed E-state index contributed by atoms with van der Waals surface area (Å²) >= 11 is 0. The van der Waals surface area contributed by atoms with E-state index in [1.54, 1.807) is 6.20 Å². The number of nitrogens with zero attached hydrogens (tertiary/aromatic N) is 2. The van der Waals surface area contributed by atoms with Crippen LogP contribution in [0.1, 0.15) is 11.3 Å².